The fourth-order valence-electron chi connectivity index (χ4n) is 2.62. The van der Waals surface area contributed by atoms with E-state index in [9.17, 15) is 9.59 Å². The Morgan fingerprint density at radius 1 is 1.00 bits per heavy atom. The average molecular weight is 298 g/mol. The summed E-state index contributed by atoms with van der Waals surface area (Å²) in [6.07, 6.45) is 0. The van der Waals surface area contributed by atoms with Gasteiger partial charge in [-0.05, 0) is 13.8 Å². The van der Waals surface area contributed by atoms with Crippen molar-refractivity contribution in [2.24, 2.45) is 0 Å². The number of piperazine rings is 1. The fourth-order valence-corrected chi connectivity index (χ4v) is 2.62. The first-order valence-electron chi connectivity index (χ1n) is 7.69. The van der Waals surface area contributed by atoms with Gasteiger partial charge in [0.25, 0.3) is 0 Å². The maximum absolute atomic E-state index is 12.3. The first kappa shape index (κ1) is 16.0. The number of nitrogens with one attached hydrogen (secondary N) is 1. The van der Waals surface area contributed by atoms with Crippen LogP contribution in [0.4, 0.5) is 4.79 Å². The summed E-state index contributed by atoms with van der Waals surface area (Å²) >= 11 is 0. The van der Waals surface area contributed by atoms with Crippen LogP contribution in [0.25, 0.3) is 0 Å². The standard InChI is InChI=1S/C14H26N4O3/c1-12(2)15-13(19)11-16-3-5-17(6-4-16)14(20)18-7-9-21-10-8-18/h12H,3-11H2,1-2H3,(H,15,19). The molecule has 0 saturated carbocycles. The molecule has 2 fully saturated rings. The first-order chi connectivity index (χ1) is 10.1. The SMILES string of the molecule is CC(C)NC(=O)CN1CCN(C(=O)N2CCOCC2)CC1. The summed E-state index contributed by atoms with van der Waals surface area (Å²) in [5.41, 5.74) is 0. The van der Waals surface area contributed by atoms with Crippen LogP contribution in [0.5, 0.6) is 0 Å². The van der Waals surface area contributed by atoms with Gasteiger partial charge in [-0.15, -0.1) is 0 Å². The molecule has 21 heavy (non-hydrogen) atoms. The lowest BCUT2D eigenvalue weighted by atomic mass is 10.3. The third kappa shape index (κ3) is 4.86. The fraction of sp³-hybridized carbons (Fsp3) is 0.857. The number of morpholine rings is 1. The highest BCUT2D eigenvalue weighted by Crippen LogP contribution is 2.07. The Morgan fingerprint density at radius 3 is 2.14 bits per heavy atom. The Labute approximate surface area is 126 Å². The van der Waals surface area contributed by atoms with Gasteiger partial charge >= 0.3 is 6.03 Å². The molecule has 0 spiro atoms. The summed E-state index contributed by atoms with van der Waals surface area (Å²) in [4.78, 5) is 29.9. The van der Waals surface area contributed by atoms with Gasteiger partial charge in [-0.1, -0.05) is 0 Å². The molecule has 2 heterocycles. The Bertz CT molecular complexity index is 361. The quantitative estimate of drug-likeness (QED) is 0.769. The molecule has 0 unspecified atom stereocenters. The van der Waals surface area contributed by atoms with E-state index < -0.39 is 0 Å². The maximum Gasteiger partial charge on any atom is 0.320 e. The van der Waals surface area contributed by atoms with Crippen LogP contribution < -0.4 is 5.32 Å². The zero-order chi connectivity index (χ0) is 15.2. The molecule has 0 aromatic heterocycles. The zero-order valence-electron chi connectivity index (χ0n) is 13.0. The van der Waals surface area contributed by atoms with E-state index in [4.69, 9.17) is 4.74 Å². The topological polar surface area (TPSA) is 65.1 Å². The van der Waals surface area contributed by atoms with Gasteiger partial charge < -0.3 is 19.9 Å². The van der Waals surface area contributed by atoms with Gasteiger partial charge in [0.2, 0.25) is 5.91 Å². The molecule has 0 bridgehead atoms. The minimum atomic E-state index is 0.0537. The highest BCUT2D eigenvalue weighted by Gasteiger charge is 2.26. The lowest BCUT2D eigenvalue weighted by molar-refractivity contribution is -0.123. The molecule has 2 aliphatic heterocycles. The van der Waals surface area contributed by atoms with E-state index in [1.165, 1.54) is 0 Å². The number of ether oxygens (including phenoxy) is 1. The Morgan fingerprint density at radius 2 is 1.57 bits per heavy atom. The van der Waals surface area contributed by atoms with Gasteiger partial charge in [-0.2, -0.15) is 0 Å². The van der Waals surface area contributed by atoms with E-state index >= 15 is 0 Å². The average Bonchev–Trinajstić information content (AvgIpc) is 2.47. The molecular formula is C14H26N4O3. The molecule has 0 aromatic rings. The Hall–Kier alpha value is -1.34. The van der Waals surface area contributed by atoms with Crippen molar-refractivity contribution in [2.45, 2.75) is 19.9 Å². The predicted octanol–water partition coefficient (Wildman–Crippen LogP) is -0.419. The van der Waals surface area contributed by atoms with Crippen molar-refractivity contribution in [1.29, 1.82) is 0 Å². The molecule has 7 nitrogen and oxygen atoms in total. The molecule has 0 radical (unpaired) electrons. The Kier molecular flexibility index (Phi) is 5.81. The number of amides is 3. The lowest BCUT2D eigenvalue weighted by Gasteiger charge is -2.38. The van der Waals surface area contributed by atoms with E-state index in [1.807, 2.05) is 23.6 Å². The largest absolute Gasteiger partial charge is 0.378 e. The molecule has 7 heteroatoms. The van der Waals surface area contributed by atoms with Crippen molar-refractivity contribution in [3.63, 3.8) is 0 Å². The molecular weight excluding hydrogens is 272 g/mol. The molecule has 2 saturated heterocycles. The minimum Gasteiger partial charge on any atom is -0.378 e. The van der Waals surface area contributed by atoms with Crippen LogP contribution in [-0.4, -0.2) is 91.7 Å². The van der Waals surface area contributed by atoms with Crippen LogP contribution in [0.3, 0.4) is 0 Å². The summed E-state index contributed by atoms with van der Waals surface area (Å²) in [6, 6.07) is 0.270. The second kappa shape index (κ2) is 7.61. The maximum atomic E-state index is 12.3. The van der Waals surface area contributed by atoms with E-state index in [0.29, 0.717) is 45.9 Å². The number of hydrogen-bond donors (Lipinski definition) is 1. The van der Waals surface area contributed by atoms with Gasteiger partial charge in [0.1, 0.15) is 0 Å². The van der Waals surface area contributed by atoms with Gasteiger partial charge in [-0.25, -0.2) is 4.79 Å². The molecule has 2 aliphatic rings. The smallest absolute Gasteiger partial charge is 0.320 e. The number of carbonyl (C=O) groups excluding carboxylic acids is 2. The molecule has 1 N–H and O–H groups in total. The van der Waals surface area contributed by atoms with Crippen molar-refractivity contribution in [3.8, 4) is 0 Å². The third-order valence-electron chi connectivity index (χ3n) is 3.74. The van der Waals surface area contributed by atoms with Crippen LogP contribution in [0.2, 0.25) is 0 Å². The highest BCUT2D eigenvalue weighted by atomic mass is 16.5. The number of urea groups is 1. The summed E-state index contributed by atoms with van der Waals surface area (Å²) in [5.74, 6) is 0.0537. The minimum absolute atomic E-state index is 0.0537. The van der Waals surface area contributed by atoms with Crippen LogP contribution in [0, 0.1) is 0 Å². The van der Waals surface area contributed by atoms with Crippen LogP contribution >= 0.6 is 0 Å². The molecule has 120 valence electrons. The van der Waals surface area contributed by atoms with Gasteiger partial charge in [0.05, 0.1) is 19.8 Å². The second-order valence-corrected chi connectivity index (χ2v) is 5.87. The number of rotatable bonds is 3. The van der Waals surface area contributed by atoms with E-state index in [1.54, 1.807) is 0 Å². The van der Waals surface area contributed by atoms with Crippen LogP contribution in [0.15, 0.2) is 0 Å². The number of nitrogens with zero attached hydrogens (tertiary/aromatic N) is 3. The molecule has 3 amide bonds. The Balaban J connectivity index is 1.72. The summed E-state index contributed by atoms with van der Waals surface area (Å²) < 4.78 is 5.26. The summed E-state index contributed by atoms with van der Waals surface area (Å²) in [7, 11) is 0. The van der Waals surface area contributed by atoms with Crippen molar-refractivity contribution < 1.29 is 14.3 Å². The number of carbonyl (C=O) groups is 2. The monoisotopic (exact) mass is 298 g/mol. The van der Waals surface area contributed by atoms with E-state index in [-0.39, 0.29) is 18.0 Å². The molecule has 0 atom stereocenters. The van der Waals surface area contributed by atoms with Crippen molar-refractivity contribution in [3.05, 3.63) is 0 Å². The molecule has 0 aromatic carbocycles. The van der Waals surface area contributed by atoms with Crippen LogP contribution in [-0.2, 0) is 9.53 Å². The molecule has 0 aliphatic carbocycles. The normalized spacial score (nSPS) is 20.7. The number of hydrogen-bond acceptors (Lipinski definition) is 4. The zero-order valence-corrected chi connectivity index (χ0v) is 13.0. The van der Waals surface area contributed by atoms with Crippen LogP contribution in [0.1, 0.15) is 13.8 Å². The summed E-state index contributed by atoms with van der Waals surface area (Å²) in [6.45, 7) is 9.80. The predicted molar refractivity (Wildman–Crippen MR) is 79.1 cm³/mol. The lowest BCUT2D eigenvalue weighted by Crippen LogP contribution is -2.55. The third-order valence-corrected chi connectivity index (χ3v) is 3.74. The first-order valence-corrected chi connectivity index (χ1v) is 7.69. The second-order valence-electron chi connectivity index (χ2n) is 5.87. The highest BCUT2D eigenvalue weighted by molar-refractivity contribution is 5.78. The van der Waals surface area contributed by atoms with Crippen molar-refractivity contribution in [1.82, 2.24) is 20.0 Å². The van der Waals surface area contributed by atoms with E-state index in [2.05, 4.69) is 10.2 Å². The molecule has 2 rings (SSSR count). The van der Waals surface area contributed by atoms with E-state index in [0.717, 1.165) is 13.1 Å². The van der Waals surface area contributed by atoms with Gasteiger partial charge in [0.15, 0.2) is 0 Å². The van der Waals surface area contributed by atoms with Gasteiger partial charge in [0, 0.05) is 45.3 Å². The summed E-state index contributed by atoms with van der Waals surface area (Å²) in [5, 5.41) is 2.89. The van der Waals surface area contributed by atoms with Crippen molar-refractivity contribution >= 4 is 11.9 Å². The van der Waals surface area contributed by atoms with Crippen molar-refractivity contribution in [2.75, 3.05) is 59.0 Å². The van der Waals surface area contributed by atoms with Gasteiger partial charge in [-0.3, -0.25) is 9.69 Å².